The van der Waals surface area contributed by atoms with Crippen LogP contribution in [-0.4, -0.2) is 17.7 Å². The molecule has 1 aromatic heterocycles. The summed E-state index contributed by atoms with van der Waals surface area (Å²) in [6.07, 6.45) is -5.09. The summed E-state index contributed by atoms with van der Waals surface area (Å²) < 4.78 is 35.9. The van der Waals surface area contributed by atoms with Crippen molar-refractivity contribution in [2.45, 2.75) is 26.1 Å². The Balaban J connectivity index is 2.51. The highest BCUT2D eigenvalue weighted by Crippen LogP contribution is 2.23. The smallest absolute Gasteiger partial charge is 0.311 e. The van der Waals surface area contributed by atoms with E-state index in [2.05, 4.69) is 10.3 Å². The van der Waals surface area contributed by atoms with Gasteiger partial charge in [-0.05, 0) is 6.54 Å². The monoisotopic (exact) mass is 224 g/mol. The number of hydrogen-bond donors (Lipinski definition) is 1. The second kappa shape index (κ2) is 4.75. The van der Waals surface area contributed by atoms with E-state index in [4.69, 9.17) is 0 Å². The van der Waals surface area contributed by atoms with Crippen LogP contribution >= 0.6 is 11.3 Å². The number of nitrogens with zero attached hydrogens (tertiary/aromatic N) is 1. The number of nitrogens with one attached hydrogen (secondary N) is 1. The summed E-state index contributed by atoms with van der Waals surface area (Å²) in [5, 5.41) is 4.79. The van der Waals surface area contributed by atoms with Gasteiger partial charge in [0, 0.05) is 11.9 Å². The minimum absolute atomic E-state index is 0.130. The summed E-state index contributed by atoms with van der Waals surface area (Å²) in [6.45, 7) is 3.25. The van der Waals surface area contributed by atoms with Crippen molar-refractivity contribution < 1.29 is 13.2 Å². The highest BCUT2D eigenvalue weighted by atomic mass is 32.1. The van der Waals surface area contributed by atoms with Gasteiger partial charge in [-0.1, -0.05) is 6.92 Å². The first-order valence-electron chi connectivity index (χ1n) is 4.22. The van der Waals surface area contributed by atoms with E-state index in [1.807, 2.05) is 6.92 Å². The van der Waals surface area contributed by atoms with Gasteiger partial charge in [0.05, 0.1) is 12.1 Å². The molecule has 80 valence electrons. The van der Waals surface area contributed by atoms with E-state index in [0.717, 1.165) is 17.9 Å². The minimum Gasteiger partial charge on any atom is -0.311 e. The van der Waals surface area contributed by atoms with Gasteiger partial charge >= 0.3 is 6.18 Å². The summed E-state index contributed by atoms with van der Waals surface area (Å²) in [4.78, 5) is 3.87. The predicted octanol–water partition coefficient (Wildman–Crippen LogP) is 2.36. The van der Waals surface area contributed by atoms with Gasteiger partial charge in [-0.15, -0.1) is 11.3 Å². The van der Waals surface area contributed by atoms with Crippen molar-refractivity contribution in [1.29, 1.82) is 0 Å². The number of halogens is 3. The molecule has 0 fully saturated rings. The lowest BCUT2D eigenvalue weighted by molar-refractivity contribution is -0.127. The topological polar surface area (TPSA) is 24.9 Å². The van der Waals surface area contributed by atoms with Crippen molar-refractivity contribution >= 4 is 11.3 Å². The maximum Gasteiger partial charge on any atom is 0.395 e. The lowest BCUT2D eigenvalue weighted by Crippen LogP contribution is -2.13. The second-order valence-electron chi connectivity index (χ2n) is 2.80. The quantitative estimate of drug-likeness (QED) is 0.849. The van der Waals surface area contributed by atoms with Crippen LogP contribution in [0.15, 0.2) is 5.38 Å². The molecule has 1 heterocycles. The van der Waals surface area contributed by atoms with Gasteiger partial charge in [0.2, 0.25) is 0 Å². The molecule has 0 aromatic carbocycles. The maximum atomic E-state index is 12.0. The Hall–Kier alpha value is -0.620. The largest absolute Gasteiger partial charge is 0.395 e. The van der Waals surface area contributed by atoms with E-state index in [1.54, 1.807) is 5.38 Å². The summed E-state index contributed by atoms with van der Waals surface area (Å²) in [5.74, 6) is 0. The number of rotatable bonds is 4. The molecule has 0 aliphatic heterocycles. The Labute approximate surface area is 84.2 Å². The standard InChI is InChI=1S/C8H11F3N2S/c1-2-12-4-6-5-14-7(13-6)3-8(9,10)11/h5,12H,2-4H2,1H3. The summed E-state index contributed by atoms with van der Waals surface area (Å²) in [7, 11) is 0. The van der Waals surface area contributed by atoms with Crippen molar-refractivity contribution in [1.82, 2.24) is 10.3 Å². The van der Waals surface area contributed by atoms with Gasteiger partial charge in [-0.3, -0.25) is 0 Å². The normalized spacial score (nSPS) is 12.0. The molecule has 0 amide bonds. The lowest BCUT2D eigenvalue weighted by atomic mass is 10.4. The molecule has 0 radical (unpaired) electrons. The Bertz CT molecular complexity index is 282. The molecule has 0 saturated heterocycles. The van der Waals surface area contributed by atoms with E-state index in [9.17, 15) is 13.2 Å². The van der Waals surface area contributed by atoms with E-state index < -0.39 is 12.6 Å². The fraction of sp³-hybridized carbons (Fsp3) is 0.625. The number of aromatic nitrogens is 1. The molecule has 0 spiro atoms. The van der Waals surface area contributed by atoms with Crippen LogP contribution in [0.5, 0.6) is 0 Å². The highest BCUT2D eigenvalue weighted by molar-refractivity contribution is 7.09. The number of alkyl halides is 3. The van der Waals surface area contributed by atoms with Gasteiger partial charge in [-0.25, -0.2) is 4.98 Å². The Morgan fingerprint density at radius 3 is 2.79 bits per heavy atom. The van der Waals surface area contributed by atoms with Crippen LogP contribution in [0.25, 0.3) is 0 Å². The van der Waals surface area contributed by atoms with Crippen molar-refractivity contribution in [2.75, 3.05) is 6.54 Å². The summed E-state index contributed by atoms with van der Waals surface area (Å²) in [5.41, 5.74) is 0.677. The van der Waals surface area contributed by atoms with Crippen LogP contribution < -0.4 is 5.32 Å². The van der Waals surface area contributed by atoms with Gasteiger partial charge in [0.1, 0.15) is 5.01 Å². The first-order chi connectivity index (χ1) is 6.51. The van der Waals surface area contributed by atoms with Crippen LogP contribution in [0.2, 0.25) is 0 Å². The summed E-state index contributed by atoms with van der Waals surface area (Å²) in [6, 6.07) is 0. The summed E-state index contributed by atoms with van der Waals surface area (Å²) >= 11 is 1.06. The molecule has 1 rings (SSSR count). The minimum atomic E-state index is -4.16. The zero-order valence-corrected chi connectivity index (χ0v) is 8.50. The van der Waals surface area contributed by atoms with Crippen molar-refractivity contribution in [3.05, 3.63) is 16.1 Å². The first kappa shape index (κ1) is 11.5. The van der Waals surface area contributed by atoms with Gasteiger partial charge in [0.15, 0.2) is 0 Å². The number of thiazole rings is 1. The maximum absolute atomic E-state index is 12.0. The number of hydrogen-bond acceptors (Lipinski definition) is 3. The highest BCUT2D eigenvalue weighted by Gasteiger charge is 2.29. The third-order valence-electron chi connectivity index (χ3n) is 1.51. The zero-order valence-electron chi connectivity index (χ0n) is 7.69. The van der Waals surface area contributed by atoms with E-state index in [1.165, 1.54) is 0 Å². The molecule has 0 aliphatic rings. The average molecular weight is 224 g/mol. The third kappa shape index (κ3) is 4.06. The molecule has 6 heteroatoms. The van der Waals surface area contributed by atoms with E-state index >= 15 is 0 Å². The predicted molar refractivity (Wildman–Crippen MR) is 49.3 cm³/mol. The molecule has 1 N–H and O–H groups in total. The Kier molecular flexibility index (Phi) is 3.88. The third-order valence-corrected chi connectivity index (χ3v) is 2.40. The van der Waals surface area contributed by atoms with E-state index in [-0.39, 0.29) is 5.01 Å². The van der Waals surface area contributed by atoms with Crippen LogP contribution in [-0.2, 0) is 13.0 Å². The Morgan fingerprint density at radius 1 is 1.50 bits per heavy atom. The van der Waals surface area contributed by atoms with Crippen LogP contribution in [0.1, 0.15) is 17.6 Å². The zero-order chi connectivity index (χ0) is 10.6. The molecule has 0 unspecified atom stereocenters. The molecule has 14 heavy (non-hydrogen) atoms. The molecule has 0 atom stereocenters. The molecule has 0 aliphatic carbocycles. The van der Waals surface area contributed by atoms with Gasteiger partial charge in [-0.2, -0.15) is 13.2 Å². The fourth-order valence-electron chi connectivity index (χ4n) is 0.936. The molecule has 2 nitrogen and oxygen atoms in total. The Morgan fingerprint density at radius 2 is 2.21 bits per heavy atom. The van der Waals surface area contributed by atoms with Crippen LogP contribution in [0.4, 0.5) is 13.2 Å². The van der Waals surface area contributed by atoms with Gasteiger partial charge < -0.3 is 5.32 Å². The van der Waals surface area contributed by atoms with Crippen molar-refractivity contribution in [2.24, 2.45) is 0 Å². The molecule has 0 saturated carbocycles. The SMILES string of the molecule is CCNCc1csc(CC(F)(F)F)n1. The molecule has 0 bridgehead atoms. The molecular weight excluding hydrogens is 213 g/mol. The van der Waals surface area contributed by atoms with Crippen LogP contribution in [0, 0.1) is 0 Å². The van der Waals surface area contributed by atoms with Crippen molar-refractivity contribution in [3.63, 3.8) is 0 Å². The fourth-order valence-corrected chi connectivity index (χ4v) is 1.76. The van der Waals surface area contributed by atoms with E-state index in [0.29, 0.717) is 12.2 Å². The van der Waals surface area contributed by atoms with Crippen molar-refractivity contribution in [3.8, 4) is 0 Å². The van der Waals surface area contributed by atoms with Gasteiger partial charge in [0.25, 0.3) is 0 Å². The first-order valence-corrected chi connectivity index (χ1v) is 5.10. The second-order valence-corrected chi connectivity index (χ2v) is 3.75. The van der Waals surface area contributed by atoms with Crippen LogP contribution in [0.3, 0.4) is 0 Å². The average Bonchev–Trinajstić information content (AvgIpc) is 2.46. The molecule has 1 aromatic rings. The molecular formula is C8H11F3N2S. The lowest BCUT2D eigenvalue weighted by Gasteiger charge is -2.01.